The van der Waals surface area contributed by atoms with E-state index in [2.05, 4.69) is 15.9 Å². The number of imide groups is 1. The molecule has 9 heteroatoms. The number of nitrogens with zero attached hydrogens (tertiary/aromatic N) is 2. The molecule has 3 aromatic carbocycles. The Morgan fingerprint density at radius 2 is 1.74 bits per heavy atom. The molecule has 1 fully saturated rings. The molecule has 0 unspecified atom stereocenters. The Balaban J connectivity index is 1.49. The smallest absolute Gasteiger partial charge is 0.293 e. The van der Waals surface area contributed by atoms with E-state index in [0.29, 0.717) is 27.1 Å². The van der Waals surface area contributed by atoms with Gasteiger partial charge in [-0.05, 0) is 71.4 Å². The molecule has 2 heterocycles. The number of fused-ring (bicyclic) bond motifs is 1. The van der Waals surface area contributed by atoms with Gasteiger partial charge in [-0.1, -0.05) is 57.3 Å². The van der Waals surface area contributed by atoms with Gasteiger partial charge in [0.25, 0.3) is 11.1 Å². The highest BCUT2D eigenvalue weighted by Gasteiger charge is 2.35. The number of rotatable bonds is 5. The summed E-state index contributed by atoms with van der Waals surface area (Å²) in [6.07, 6.45) is 3.68. The Labute approximate surface area is 223 Å². The van der Waals surface area contributed by atoms with Crippen LogP contribution in [0.4, 0.5) is 9.18 Å². The van der Waals surface area contributed by atoms with Gasteiger partial charge in [0.1, 0.15) is 5.82 Å². The maximum absolute atomic E-state index is 13.2. The van der Waals surface area contributed by atoms with Crippen LogP contribution in [0.1, 0.15) is 16.7 Å². The fourth-order valence-electron chi connectivity index (χ4n) is 3.93. The van der Waals surface area contributed by atoms with Gasteiger partial charge in [-0.15, -0.1) is 0 Å². The second kappa shape index (κ2) is 9.82. The molecule has 0 N–H and O–H groups in total. The third-order valence-electron chi connectivity index (χ3n) is 5.64. The number of halogens is 4. The van der Waals surface area contributed by atoms with Gasteiger partial charge >= 0.3 is 0 Å². The molecule has 0 aliphatic carbocycles. The summed E-state index contributed by atoms with van der Waals surface area (Å²) in [4.78, 5) is 27.2. The molecule has 0 atom stereocenters. The van der Waals surface area contributed by atoms with E-state index < -0.39 is 0 Å². The van der Waals surface area contributed by atoms with Crippen molar-refractivity contribution >= 4 is 79.0 Å². The van der Waals surface area contributed by atoms with Crippen molar-refractivity contribution in [1.29, 1.82) is 0 Å². The van der Waals surface area contributed by atoms with Gasteiger partial charge < -0.3 is 4.57 Å². The minimum atomic E-state index is -0.374. The lowest BCUT2D eigenvalue weighted by Gasteiger charge is -2.12. The highest BCUT2D eigenvalue weighted by atomic mass is 79.9. The number of thioether (sulfide) groups is 1. The number of benzene rings is 3. The van der Waals surface area contributed by atoms with E-state index in [-0.39, 0.29) is 23.5 Å². The Bertz CT molecular complexity index is 1520. The summed E-state index contributed by atoms with van der Waals surface area (Å²) in [5, 5.41) is 1.70. The summed E-state index contributed by atoms with van der Waals surface area (Å²) in [6, 6.07) is 17.0. The minimum absolute atomic E-state index is 0.0880. The van der Waals surface area contributed by atoms with Crippen molar-refractivity contribution in [3.05, 3.63) is 109 Å². The molecule has 176 valence electrons. The fraction of sp³-hybridized carbons (Fsp3) is 0.0769. The van der Waals surface area contributed by atoms with E-state index in [0.717, 1.165) is 38.3 Å². The molecule has 1 saturated heterocycles. The third kappa shape index (κ3) is 5.05. The van der Waals surface area contributed by atoms with Crippen LogP contribution in [0, 0.1) is 5.82 Å². The molecule has 0 bridgehead atoms. The van der Waals surface area contributed by atoms with Crippen molar-refractivity contribution in [2.45, 2.75) is 13.1 Å². The molecule has 5 rings (SSSR count). The summed E-state index contributed by atoms with van der Waals surface area (Å²) >= 11 is 16.9. The molecular weight excluding hydrogens is 574 g/mol. The summed E-state index contributed by atoms with van der Waals surface area (Å²) in [5.41, 5.74) is 3.34. The highest BCUT2D eigenvalue weighted by molar-refractivity contribution is 9.10. The van der Waals surface area contributed by atoms with Crippen molar-refractivity contribution in [2.75, 3.05) is 0 Å². The summed E-state index contributed by atoms with van der Waals surface area (Å²) in [7, 11) is 0. The SMILES string of the molecule is O=C1S/C(=C\c2cn(Cc3ccc(Cl)cc3Cl)c3ccc(Br)cc23)C(=O)N1Cc1ccc(F)cc1. The van der Waals surface area contributed by atoms with Crippen LogP contribution in [0.15, 0.2) is 76.2 Å². The lowest BCUT2D eigenvalue weighted by Crippen LogP contribution is -2.27. The van der Waals surface area contributed by atoms with Crippen molar-refractivity contribution in [3.8, 4) is 0 Å². The van der Waals surface area contributed by atoms with Gasteiger partial charge in [-0.2, -0.15) is 0 Å². The molecule has 0 radical (unpaired) electrons. The number of hydrogen-bond donors (Lipinski definition) is 0. The predicted molar refractivity (Wildman–Crippen MR) is 143 cm³/mol. The van der Waals surface area contributed by atoms with Gasteiger partial charge in [-0.25, -0.2) is 4.39 Å². The number of amides is 2. The summed E-state index contributed by atoms with van der Waals surface area (Å²) < 4.78 is 16.2. The first kappa shape index (κ1) is 24.1. The zero-order chi connectivity index (χ0) is 24.7. The second-order valence-electron chi connectivity index (χ2n) is 8.00. The molecule has 1 aliphatic rings. The van der Waals surface area contributed by atoms with Crippen molar-refractivity contribution < 1.29 is 14.0 Å². The van der Waals surface area contributed by atoms with Gasteiger partial charge in [-0.3, -0.25) is 14.5 Å². The summed E-state index contributed by atoms with van der Waals surface area (Å²) in [5.74, 6) is -0.744. The molecule has 0 saturated carbocycles. The third-order valence-corrected chi connectivity index (χ3v) is 7.63. The van der Waals surface area contributed by atoms with Crippen molar-refractivity contribution in [2.24, 2.45) is 0 Å². The fourth-order valence-corrected chi connectivity index (χ4v) is 5.58. The van der Waals surface area contributed by atoms with E-state index >= 15 is 0 Å². The Morgan fingerprint density at radius 3 is 2.49 bits per heavy atom. The molecule has 4 nitrogen and oxygen atoms in total. The number of carbonyl (C=O) groups excluding carboxylic acids is 2. The first-order chi connectivity index (χ1) is 16.8. The largest absolute Gasteiger partial charge is 0.342 e. The van der Waals surface area contributed by atoms with Crippen LogP contribution < -0.4 is 0 Å². The number of hydrogen-bond acceptors (Lipinski definition) is 3. The van der Waals surface area contributed by atoms with E-state index in [9.17, 15) is 14.0 Å². The van der Waals surface area contributed by atoms with E-state index in [1.165, 1.54) is 17.0 Å². The van der Waals surface area contributed by atoms with Crippen LogP contribution in [0.25, 0.3) is 17.0 Å². The second-order valence-corrected chi connectivity index (χ2v) is 10.8. The Hall–Kier alpha value is -2.58. The normalized spacial score (nSPS) is 15.1. The van der Waals surface area contributed by atoms with Crippen molar-refractivity contribution in [1.82, 2.24) is 9.47 Å². The molecule has 1 aliphatic heterocycles. The molecule has 1 aromatic heterocycles. The van der Waals surface area contributed by atoms with Crippen LogP contribution >= 0.6 is 50.9 Å². The zero-order valence-electron chi connectivity index (χ0n) is 18.0. The zero-order valence-corrected chi connectivity index (χ0v) is 21.9. The quantitative estimate of drug-likeness (QED) is 0.221. The van der Waals surface area contributed by atoms with E-state index in [1.807, 2.05) is 35.0 Å². The van der Waals surface area contributed by atoms with Crippen LogP contribution in [0.3, 0.4) is 0 Å². The number of aromatic nitrogens is 1. The van der Waals surface area contributed by atoms with Crippen molar-refractivity contribution in [3.63, 3.8) is 0 Å². The first-order valence-corrected chi connectivity index (χ1v) is 12.9. The van der Waals surface area contributed by atoms with Crippen LogP contribution in [-0.2, 0) is 17.9 Å². The Kier molecular flexibility index (Phi) is 6.77. The van der Waals surface area contributed by atoms with Crippen LogP contribution in [0.2, 0.25) is 10.0 Å². The minimum Gasteiger partial charge on any atom is -0.342 e. The summed E-state index contributed by atoms with van der Waals surface area (Å²) in [6.45, 7) is 0.596. The van der Waals surface area contributed by atoms with Gasteiger partial charge in [0.15, 0.2) is 0 Å². The Morgan fingerprint density at radius 1 is 0.971 bits per heavy atom. The number of carbonyl (C=O) groups is 2. The van der Waals surface area contributed by atoms with Gasteiger partial charge in [0, 0.05) is 43.7 Å². The van der Waals surface area contributed by atoms with E-state index in [4.69, 9.17) is 23.2 Å². The van der Waals surface area contributed by atoms with Crippen LogP contribution in [0.5, 0.6) is 0 Å². The predicted octanol–water partition coefficient (Wildman–Crippen LogP) is 8.13. The molecule has 4 aromatic rings. The monoisotopic (exact) mass is 588 g/mol. The maximum atomic E-state index is 13.2. The standard InChI is InChI=1S/C26H16BrCl2FN2O2S/c27-18-4-8-23-21(10-18)17(14-31(23)13-16-3-5-19(28)11-22(16)29)9-24-25(33)32(26(34)35-24)12-15-1-6-20(30)7-2-15/h1-11,14H,12-13H2/b24-9-. The molecule has 35 heavy (non-hydrogen) atoms. The van der Waals surface area contributed by atoms with Gasteiger partial charge in [0.2, 0.25) is 0 Å². The van der Waals surface area contributed by atoms with Gasteiger partial charge in [0.05, 0.1) is 11.4 Å². The molecular formula is C26H16BrCl2FN2O2S. The van der Waals surface area contributed by atoms with Crippen LogP contribution in [-0.4, -0.2) is 20.6 Å². The average molecular weight is 590 g/mol. The topological polar surface area (TPSA) is 42.3 Å². The highest BCUT2D eigenvalue weighted by Crippen LogP contribution is 2.36. The first-order valence-electron chi connectivity index (χ1n) is 10.5. The van der Waals surface area contributed by atoms with E-state index in [1.54, 1.807) is 30.3 Å². The molecule has 0 spiro atoms. The lowest BCUT2D eigenvalue weighted by molar-refractivity contribution is -0.123. The molecule has 2 amide bonds. The maximum Gasteiger partial charge on any atom is 0.293 e. The lowest BCUT2D eigenvalue weighted by atomic mass is 10.1. The average Bonchev–Trinajstić information content (AvgIpc) is 3.28.